The fraction of sp³-hybridized carbons (Fsp3) is 0.176. The third-order valence-corrected chi connectivity index (χ3v) is 3.94. The summed E-state index contributed by atoms with van der Waals surface area (Å²) in [5.74, 6) is 2.03. The predicted molar refractivity (Wildman–Crippen MR) is 94.1 cm³/mol. The summed E-state index contributed by atoms with van der Waals surface area (Å²) in [6.45, 7) is 0. The monoisotopic (exact) mass is 335 g/mol. The van der Waals surface area contributed by atoms with Gasteiger partial charge in [-0.25, -0.2) is 4.98 Å². The molecule has 0 bridgehead atoms. The van der Waals surface area contributed by atoms with Crippen molar-refractivity contribution in [1.29, 1.82) is 0 Å². The van der Waals surface area contributed by atoms with Crippen molar-refractivity contribution in [3.05, 3.63) is 53.9 Å². The van der Waals surface area contributed by atoms with Crippen molar-refractivity contribution in [2.75, 3.05) is 10.6 Å². The van der Waals surface area contributed by atoms with E-state index in [0.717, 1.165) is 17.2 Å². The number of aromatic amines is 1. The highest BCUT2D eigenvalue weighted by Gasteiger charge is 2.26. The van der Waals surface area contributed by atoms with Gasteiger partial charge in [0.2, 0.25) is 11.9 Å². The Hall–Kier alpha value is -3.42. The van der Waals surface area contributed by atoms with E-state index in [2.05, 4.69) is 30.8 Å². The molecule has 0 spiro atoms. The number of nitrogens with zero attached hydrogens (tertiary/aromatic N) is 3. The van der Waals surface area contributed by atoms with Crippen LogP contribution in [0.2, 0.25) is 0 Å². The average molecular weight is 335 g/mol. The van der Waals surface area contributed by atoms with Gasteiger partial charge in [-0.15, -0.1) is 0 Å². The Balaban J connectivity index is 1.45. The predicted octanol–water partition coefficient (Wildman–Crippen LogP) is 2.66. The number of rotatable bonds is 6. The molecule has 1 aliphatic rings. The van der Waals surface area contributed by atoms with Crippen LogP contribution in [0.15, 0.2) is 42.6 Å². The van der Waals surface area contributed by atoms with Crippen molar-refractivity contribution in [2.45, 2.75) is 18.8 Å². The van der Waals surface area contributed by atoms with E-state index in [-0.39, 0.29) is 0 Å². The lowest BCUT2D eigenvalue weighted by molar-refractivity contribution is 0.100. The van der Waals surface area contributed by atoms with Gasteiger partial charge in [-0.2, -0.15) is 10.1 Å². The van der Waals surface area contributed by atoms with Gasteiger partial charge in [0, 0.05) is 29.4 Å². The maximum Gasteiger partial charge on any atom is 0.248 e. The van der Waals surface area contributed by atoms with Crippen molar-refractivity contribution < 1.29 is 4.79 Å². The molecule has 1 aromatic carbocycles. The fourth-order valence-corrected chi connectivity index (χ4v) is 2.46. The molecule has 0 unspecified atom stereocenters. The van der Waals surface area contributed by atoms with Crippen molar-refractivity contribution in [3.63, 3.8) is 0 Å². The minimum atomic E-state index is -0.459. The molecule has 25 heavy (non-hydrogen) atoms. The normalized spacial score (nSPS) is 13.4. The first-order valence-corrected chi connectivity index (χ1v) is 7.99. The minimum Gasteiger partial charge on any atom is -0.366 e. The number of H-pyrrole nitrogens is 1. The second-order valence-corrected chi connectivity index (χ2v) is 5.94. The zero-order valence-corrected chi connectivity index (χ0v) is 13.4. The molecule has 1 saturated carbocycles. The summed E-state index contributed by atoms with van der Waals surface area (Å²) in [5, 5.41) is 13.6. The van der Waals surface area contributed by atoms with Crippen LogP contribution in [-0.4, -0.2) is 26.1 Å². The summed E-state index contributed by atoms with van der Waals surface area (Å²) < 4.78 is 0. The number of nitrogens with one attached hydrogen (secondary N) is 3. The second kappa shape index (κ2) is 6.23. The first kappa shape index (κ1) is 15.1. The molecule has 0 aliphatic heterocycles. The van der Waals surface area contributed by atoms with E-state index < -0.39 is 5.91 Å². The summed E-state index contributed by atoms with van der Waals surface area (Å²) in [4.78, 5) is 19.7. The summed E-state index contributed by atoms with van der Waals surface area (Å²) in [7, 11) is 0. The summed E-state index contributed by atoms with van der Waals surface area (Å²) in [6, 6.07) is 10.6. The first-order chi connectivity index (χ1) is 12.2. The summed E-state index contributed by atoms with van der Waals surface area (Å²) in [5.41, 5.74) is 7.54. The molecule has 0 radical (unpaired) electrons. The molecule has 0 atom stereocenters. The van der Waals surface area contributed by atoms with Gasteiger partial charge < -0.3 is 16.4 Å². The number of hydrogen-bond donors (Lipinski definition) is 4. The zero-order chi connectivity index (χ0) is 17.2. The molecule has 1 fully saturated rings. The van der Waals surface area contributed by atoms with Crippen LogP contribution in [0.4, 0.5) is 23.3 Å². The van der Waals surface area contributed by atoms with Crippen molar-refractivity contribution >= 4 is 29.2 Å². The van der Waals surface area contributed by atoms with Crippen LogP contribution in [0.25, 0.3) is 0 Å². The van der Waals surface area contributed by atoms with Crippen LogP contribution in [-0.2, 0) is 0 Å². The van der Waals surface area contributed by atoms with Gasteiger partial charge in [0.05, 0.1) is 5.69 Å². The number of primary amides is 1. The average Bonchev–Trinajstić information content (AvgIpc) is 3.36. The van der Waals surface area contributed by atoms with Crippen molar-refractivity contribution in [2.24, 2.45) is 5.73 Å². The molecule has 2 aromatic heterocycles. The van der Waals surface area contributed by atoms with Gasteiger partial charge in [-0.3, -0.25) is 9.89 Å². The standard InChI is InChI=1S/C17H17N7O/c18-16(25)11-3-5-12(6-4-11)20-17-19-8-7-14(22-17)21-15-9-13(23-24-15)10-1-2-10/h3-10H,1-2H2,(H2,18,25)(H3,19,20,21,22,23,24). The van der Waals surface area contributed by atoms with E-state index in [9.17, 15) is 4.79 Å². The number of benzene rings is 1. The van der Waals surface area contributed by atoms with Crippen LogP contribution < -0.4 is 16.4 Å². The molecule has 4 rings (SSSR count). The SMILES string of the molecule is NC(=O)c1ccc(Nc2nccc(Nc3cc(C4CC4)n[nH]3)n2)cc1. The fourth-order valence-electron chi connectivity index (χ4n) is 2.46. The number of carbonyl (C=O) groups excluding carboxylic acids is 1. The Morgan fingerprint density at radius 2 is 1.96 bits per heavy atom. The number of hydrogen-bond acceptors (Lipinski definition) is 6. The van der Waals surface area contributed by atoms with Gasteiger partial charge in [-0.05, 0) is 43.2 Å². The van der Waals surface area contributed by atoms with Crippen molar-refractivity contribution in [3.8, 4) is 0 Å². The molecule has 0 saturated heterocycles. The lowest BCUT2D eigenvalue weighted by atomic mass is 10.2. The summed E-state index contributed by atoms with van der Waals surface area (Å²) >= 11 is 0. The quantitative estimate of drug-likeness (QED) is 0.549. The molecular formula is C17H17N7O. The van der Waals surface area contributed by atoms with Gasteiger partial charge in [0.25, 0.3) is 0 Å². The van der Waals surface area contributed by atoms with Crippen molar-refractivity contribution in [1.82, 2.24) is 20.2 Å². The zero-order valence-electron chi connectivity index (χ0n) is 13.4. The number of nitrogens with two attached hydrogens (primary N) is 1. The molecule has 5 N–H and O–H groups in total. The third-order valence-electron chi connectivity index (χ3n) is 3.94. The van der Waals surface area contributed by atoms with E-state index in [4.69, 9.17) is 5.73 Å². The third kappa shape index (κ3) is 3.57. The topological polar surface area (TPSA) is 122 Å². The molecule has 8 nitrogen and oxygen atoms in total. The van der Waals surface area contributed by atoms with Crippen LogP contribution in [0.3, 0.4) is 0 Å². The Morgan fingerprint density at radius 3 is 2.68 bits per heavy atom. The summed E-state index contributed by atoms with van der Waals surface area (Å²) in [6.07, 6.45) is 4.08. The number of anilines is 4. The highest BCUT2D eigenvalue weighted by molar-refractivity contribution is 5.93. The number of amides is 1. The Morgan fingerprint density at radius 1 is 1.16 bits per heavy atom. The maximum absolute atomic E-state index is 11.1. The molecule has 8 heteroatoms. The maximum atomic E-state index is 11.1. The lowest BCUT2D eigenvalue weighted by Gasteiger charge is -2.07. The van der Waals surface area contributed by atoms with Gasteiger partial charge in [0.15, 0.2) is 0 Å². The number of aromatic nitrogens is 4. The lowest BCUT2D eigenvalue weighted by Crippen LogP contribution is -2.10. The highest BCUT2D eigenvalue weighted by Crippen LogP contribution is 2.39. The molecule has 126 valence electrons. The molecule has 2 heterocycles. The first-order valence-electron chi connectivity index (χ1n) is 7.99. The van der Waals surface area contributed by atoms with Gasteiger partial charge in [-0.1, -0.05) is 0 Å². The minimum absolute atomic E-state index is 0.443. The Kier molecular flexibility index (Phi) is 3.77. The molecular weight excluding hydrogens is 318 g/mol. The van der Waals surface area contributed by atoms with E-state index in [1.807, 2.05) is 6.07 Å². The van der Waals surface area contributed by atoms with Crippen LogP contribution in [0.1, 0.15) is 34.8 Å². The second-order valence-electron chi connectivity index (χ2n) is 5.94. The smallest absolute Gasteiger partial charge is 0.248 e. The van der Waals surface area contributed by atoms with Gasteiger partial charge >= 0.3 is 0 Å². The molecule has 1 aliphatic carbocycles. The van der Waals surface area contributed by atoms with Crippen LogP contribution in [0.5, 0.6) is 0 Å². The Labute approximate surface area is 143 Å². The van der Waals surface area contributed by atoms with E-state index in [1.165, 1.54) is 12.8 Å². The largest absolute Gasteiger partial charge is 0.366 e. The van der Waals surface area contributed by atoms with Crippen LogP contribution >= 0.6 is 0 Å². The van der Waals surface area contributed by atoms with Gasteiger partial charge in [0.1, 0.15) is 11.6 Å². The van der Waals surface area contributed by atoms with Crippen LogP contribution in [0, 0.1) is 0 Å². The highest BCUT2D eigenvalue weighted by atomic mass is 16.1. The van der Waals surface area contributed by atoms with E-state index in [1.54, 1.807) is 36.5 Å². The van der Waals surface area contributed by atoms with E-state index in [0.29, 0.717) is 23.2 Å². The molecule has 1 amide bonds. The number of carbonyl (C=O) groups is 1. The van der Waals surface area contributed by atoms with E-state index >= 15 is 0 Å². The molecule has 3 aromatic rings. The Bertz CT molecular complexity index is 899.